The van der Waals surface area contributed by atoms with Crippen LogP contribution in [-0.2, 0) is 23.1 Å². The molecule has 1 aromatic carbocycles. The molecule has 1 N–H and O–H groups in total. The van der Waals surface area contributed by atoms with E-state index in [2.05, 4.69) is 20.1 Å². The highest BCUT2D eigenvalue weighted by Crippen LogP contribution is 2.31. The van der Waals surface area contributed by atoms with Crippen LogP contribution in [0.5, 0.6) is 0 Å². The summed E-state index contributed by atoms with van der Waals surface area (Å²) < 4.78 is 56.6. The average molecular weight is 434 g/mol. The van der Waals surface area contributed by atoms with E-state index < -0.39 is 26.6 Å². The van der Waals surface area contributed by atoms with Crippen molar-refractivity contribution >= 4 is 22.4 Å². The summed E-state index contributed by atoms with van der Waals surface area (Å²) in [7, 11) is -4.00. The minimum atomic E-state index is -4.00. The van der Waals surface area contributed by atoms with Gasteiger partial charge in [0.2, 0.25) is 10.0 Å². The quantitative estimate of drug-likeness (QED) is 0.800. The molecule has 7 nitrogen and oxygen atoms in total. The molecule has 0 amide bonds. The Bertz CT molecular complexity index is 974. The standard InChI is InChI=1S/C17H21F2N5O2S.ClH/c1-11-8-15(14(19)9-13(11)18)27(25,26)23-5-2-12(3-6-23)17-22-21-16-10-20-4-7-24(16)17;/h8-9,12,20H,2-7,10H2,1H3;1H. The topological polar surface area (TPSA) is 80.1 Å². The molecule has 0 saturated carbocycles. The fourth-order valence-corrected chi connectivity index (χ4v) is 5.34. The Labute approximate surface area is 168 Å². The third-order valence-corrected chi connectivity index (χ3v) is 7.22. The molecule has 1 aromatic heterocycles. The fourth-order valence-electron chi connectivity index (χ4n) is 3.74. The molecule has 0 spiro atoms. The summed E-state index contributed by atoms with van der Waals surface area (Å²) >= 11 is 0. The summed E-state index contributed by atoms with van der Waals surface area (Å²) in [6.07, 6.45) is 1.18. The Hall–Kier alpha value is -1.62. The third kappa shape index (κ3) is 3.66. The van der Waals surface area contributed by atoms with Gasteiger partial charge in [0.1, 0.15) is 28.2 Å². The zero-order valence-electron chi connectivity index (χ0n) is 15.4. The van der Waals surface area contributed by atoms with E-state index >= 15 is 0 Å². The van der Waals surface area contributed by atoms with Crippen LogP contribution >= 0.6 is 12.4 Å². The van der Waals surface area contributed by atoms with Gasteiger partial charge in [-0.2, -0.15) is 4.31 Å². The van der Waals surface area contributed by atoms with Gasteiger partial charge in [-0.3, -0.25) is 0 Å². The predicted molar refractivity (Wildman–Crippen MR) is 101 cm³/mol. The average Bonchev–Trinajstić information content (AvgIpc) is 3.09. The van der Waals surface area contributed by atoms with Gasteiger partial charge >= 0.3 is 0 Å². The molecule has 1 fully saturated rings. The van der Waals surface area contributed by atoms with E-state index in [0.717, 1.165) is 30.8 Å². The second-order valence-electron chi connectivity index (χ2n) is 7.01. The molecule has 0 unspecified atom stereocenters. The van der Waals surface area contributed by atoms with Crippen LogP contribution in [0.4, 0.5) is 8.78 Å². The van der Waals surface area contributed by atoms with Gasteiger partial charge in [0.05, 0.1) is 6.54 Å². The summed E-state index contributed by atoms with van der Waals surface area (Å²) in [4.78, 5) is -0.467. The monoisotopic (exact) mass is 433 g/mol. The van der Waals surface area contributed by atoms with E-state index in [-0.39, 0.29) is 37.0 Å². The van der Waals surface area contributed by atoms with Crippen molar-refractivity contribution in [1.29, 1.82) is 0 Å². The summed E-state index contributed by atoms with van der Waals surface area (Å²) in [5.41, 5.74) is 0.105. The highest BCUT2D eigenvalue weighted by molar-refractivity contribution is 7.89. The van der Waals surface area contributed by atoms with Crippen LogP contribution in [0.1, 0.15) is 36.0 Å². The van der Waals surface area contributed by atoms with Gasteiger partial charge in [-0.1, -0.05) is 0 Å². The molecule has 154 valence electrons. The van der Waals surface area contributed by atoms with Crippen LogP contribution in [0.3, 0.4) is 0 Å². The SMILES string of the molecule is Cc1cc(S(=O)(=O)N2CCC(c3nnc4n3CCNC4)CC2)c(F)cc1F.Cl. The normalized spacial score (nSPS) is 18.5. The van der Waals surface area contributed by atoms with Gasteiger partial charge < -0.3 is 9.88 Å². The van der Waals surface area contributed by atoms with Crippen molar-refractivity contribution in [2.24, 2.45) is 0 Å². The number of nitrogens with zero attached hydrogens (tertiary/aromatic N) is 4. The number of halogens is 3. The molecule has 2 aliphatic rings. The lowest BCUT2D eigenvalue weighted by atomic mass is 9.97. The number of nitrogens with one attached hydrogen (secondary N) is 1. The van der Waals surface area contributed by atoms with E-state index in [9.17, 15) is 17.2 Å². The molecule has 0 atom stereocenters. The highest BCUT2D eigenvalue weighted by atomic mass is 35.5. The molecule has 0 aliphatic carbocycles. The molecule has 11 heteroatoms. The van der Waals surface area contributed by atoms with Crippen molar-refractivity contribution in [1.82, 2.24) is 24.4 Å². The first-order valence-electron chi connectivity index (χ1n) is 8.96. The van der Waals surface area contributed by atoms with Crippen LogP contribution in [-0.4, -0.2) is 47.1 Å². The smallest absolute Gasteiger partial charge is 0.245 e. The minimum absolute atomic E-state index is 0. The second kappa shape index (κ2) is 8.02. The number of hydrogen-bond donors (Lipinski definition) is 1. The van der Waals surface area contributed by atoms with Gasteiger partial charge in [0, 0.05) is 38.2 Å². The molecule has 2 aromatic rings. The third-order valence-electron chi connectivity index (χ3n) is 5.30. The van der Waals surface area contributed by atoms with E-state index in [1.165, 1.54) is 11.2 Å². The van der Waals surface area contributed by atoms with E-state index in [0.29, 0.717) is 25.5 Å². The number of fused-ring (bicyclic) bond motifs is 1. The molecule has 28 heavy (non-hydrogen) atoms. The first-order chi connectivity index (χ1) is 12.9. The number of hydrogen-bond acceptors (Lipinski definition) is 5. The van der Waals surface area contributed by atoms with Crippen molar-refractivity contribution in [2.45, 2.75) is 43.7 Å². The fraction of sp³-hybridized carbons (Fsp3) is 0.529. The maximum atomic E-state index is 14.1. The number of benzene rings is 1. The lowest BCUT2D eigenvalue weighted by Crippen LogP contribution is -2.39. The summed E-state index contributed by atoms with van der Waals surface area (Å²) in [5.74, 6) is 0.105. The van der Waals surface area contributed by atoms with Gasteiger partial charge in [0.15, 0.2) is 0 Å². The van der Waals surface area contributed by atoms with Crippen LogP contribution in [0.15, 0.2) is 17.0 Å². The number of sulfonamides is 1. The number of rotatable bonds is 3. The molecule has 4 rings (SSSR count). The first kappa shape index (κ1) is 21.1. The molecular weight excluding hydrogens is 412 g/mol. The molecule has 1 saturated heterocycles. The van der Waals surface area contributed by atoms with Crippen molar-refractivity contribution in [2.75, 3.05) is 19.6 Å². The van der Waals surface area contributed by atoms with Crippen LogP contribution in [0.25, 0.3) is 0 Å². The van der Waals surface area contributed by atoms with Crippen molar-refractivity contribution in [3.8, 4) is 0 Å². The van der Waals surface area contributed by atoms with Gasteiger partial charge in [-0.25, -0.2) is 17.2 Å². The van der Waals surface area contributed by atoms with Crippen molar-refractivity contribution < 1.29 is 17.2 Å². The van der Waals surface area contributed by atoms with Gasteiger partial charge in [-0.05, 0) is 31.4 Å². The van der Waals surface area contributed by atoms with E-state index in [1.54, 1.807) is 0 Å². The number of aromatic nitrogens is 3. The van der Waals surface area contributed by atoms with Gasteiger partial charge in [0.25, 0.3) is 0 Å². The minimum Gasteiger partial charge on any atom is -0.312 e. The summed E-state index contributed by atoms with van der Waals surface area (Å²) in [6.45, 7) is 4.30. The second-order valence-corrected chi connectivity index (χ2v) is 8.92. The molecule has 0 bridgehead atoms. The maximum absolute atomic E-state index is 14.1. The largest absolute Gasteiger partial charge is 0.312 e. The van der Waals surface area contributed by atoms with Crippen LogP contribution < -0.4 is 5.32 Å². The zero-order chi connectivity index (χ0) is 19.2. The van der Waals surface area contributed by atoms with E-state index in [4.69, 9.17) is 0 Å². The maximum Gasteiger partial charge on any atom is 0.245 e. The number of aryl methyl sites for hydroxylation is 1. The van der Waals surface area contributed by atoms with E-state index in [1.807, 2.05) is 0 Å². The molecule has 2 aliphatic heterocycles. The van der Waals surface area contributed by atoms with Crippen LogP contribution in [0, 0.1) is 18.6 Å². The Morgan fingerprint density at radius 2 is 1.82 bits per heavy atom. The molecule has 0 radical (unpaired) electrons. The van der Waals surface area contributed by atoms with Crippen molar-refractivity contribution in [3.05, 3.63) is 41.0 Å². The van der Waals surface area contributed by atoms with Gasteiger partial charge in [-0.15, -0.1) is 22.6 Å². The lowest BCUT2D eigenvalue weighted by Gasteiger charge is -2.31. The lowest BCUT2D eigenvalue weighted by molar-refractivity contribution is 0.306. The Balaban J connectivity index is 0.00000225. The van der Waals surface area contributed by atoms with Crippen molar-refractivity contribution in [3.63, 3.8) is 0 Å². The first-order valence-corrected chi connectivity index (χ1v) is 10.4. The molecular formula is C17H22ClF2N5O2S. The Morgan fingerprint density at radius 3 is 2.54 bits per heavy atom. The highest BCUT2D eigenvalue weighted by Gasteiger charge is 2.34. The van der Waals surface area contributed by atoms with Crippen LogP contribution in [0.2, 0.25) is 0 Å². The molecule has 3 heterocycles. The zero-order valence-corrected chi connectivity index (χ0v) is 17.0. The summed E-state index contributed by atoms with van der Waals surface area (Å²) in [5, 5.41) is 11.8. The summed E-state index contributed by atoms with van der Waals surface area (Å²) in [6, 6.07) is 1.69. The number of piperidine rings is 1. The Morgan fingerprint density at radius 1 is 1.11 bits per heavy atom. The predicted octanol–water partition coefficient (Wildman–Crippen LogP) is 1.96. The Kier molecular flexibility index (Phi) is 6.04.